The summed E-state index contributed by atoms with van der Waals surface area (Å²) in [5.41, 5.74) is 0. The molecule has 5 heteroatoms. The molecule has 3 nitrogen and oxygen atoms in total. The van der Waals surface area contributed by atoms with Gasteiger partial charge in [0.1, 0.15) is 0 Å². The van der Waals surface area contributed by atoms with E-state index in [4.69, 9.17) is 0 Å². The number of hydrogen-bond acceptors (Lipinski definition) is 3. The van der Waals surface area contributed by atoms with Crippen molar-refractivity contribution < 1.29 is 4.79 Å². The summed E-state index contributed by atoms with van der Waals surface area (Å²) >= 11 is 1.54. The van der Waals surface area contributed by atoms with Crippen molar-refractivity contribution in [1.82, 2.24) is 10.6 Å². The maximum atomic E-state index is 11.4. The molecule has 0 spiro atoms. The predicted octanol–water partition coefficient (Wildman–Crippen LogP) is 1.40. The van der Waals surface area contributed by atoms with Gasteiger partial charge in [-0.1, -0.05) is 6.92 Å². The number of rotatable bonds is 3. The molecule has 1 saturated heterocycles. The van der Waals surface area contributed by atoms with E-state index < -0.39 is 0 Å². The molecule has 1 aliphatic rings. The minimum absolute atomic E-state index is 0. The Bertz CT molecular complexity index is 223. The monoisotopic (exact) mass is 250 g/mol. The number of halogens is 1. The van der Waals surface area contributed by atoms with Crippen LogP contribution in [0.4, 0.5) is 0 Å². The van der Waals surface area contributed by atoms with Gasteiger partial charge in [0.2, 0.25) is 5.91 Å². The second-order valence-electron chi connectivity index (χ2n) is 3.62. The summed E-state index contributed by atoms with van der Waals surface area (Å²) in [5, 5.41) is 8.14. The fraction of sp³-hybridized carbons (Fsp3) is 0.700. The summed E-state index contributed by atoms with van der Waals surface area (Å²) < 4.78 is 0. The summed E-state index contributed by atoms with van der Waals surface area (Å²) in [5.74, 6) is 0.550. The smallest absolute Gasteiger partial charge is 0.244 e. The fourth-order valence-corrected chi connectivity index (χ4v) is 1.85. The van der Waals surface area contributed by atoms with Gasteiger partial charge in [0, 0.05) is 12.1 Å². The fourth-order valence-electron chi connectivity index (χ4n) is 1.59. The van der Waals surface area contributed by atoms with Crippen LogP contribution in [0.5, 0.6) is 0 Å². The molecule has 1 heterocycles. The average Bonchev–Trinajstić information content (AvgIpc) is 2.18. The predicted molar refractivity (Wildman–Crippen MR) is 68.5 cm³/mol. The summed E-state index contributed by atoms with van der Waals surface area (Å²) in [6.45, 7) is 4.16. The third-order valence-electron chi connectivity index (χ3n) is 2.47. The molecule has 0 saturated carbocycles. The number of hydrogen-bond donors (Lipinski definition) is 2. The largest absolute Gasteiger partial charge is 0.349 e. The number of nitrogens with one attached hydrogen (secondary N) is 2. The van der Waals surface area contributed by atoms with Gasteiger partial charge in [-0.2, -0.15) is 0 Å². The first-order valence-corrected chi connectivity index (χ1v) is 6.23. The molecule has 0 aromatic rings. The van der Waals surface area contributed by atoms with E-state index in [0.717, 1.165) is 19.5 Å². The average molecular weight is 251 g/mol. The minimum atomic E-state index is 0. The minimum Gasteiger partial charge on any atom is -0.349 e. The molecule has 0 radical (unpaired) electrons. The Hall–Kier alpha value is -0.190. The van der Waals surface area contributed by atoms with Crippen LogP contribution >= 0.6 is 24.2 Å². The van der Waals surface area contributed by atoms with Gasteiger partial charge in [0.15, 0.2) is 0 Å². The maximum absolute atomic E-state index is 11.4. The summed E-state index contributed by atoms with van der Waals surface area (Å²) in [6, 6.07) is 0.329. The first kappa shape index (κ1) is 14.8. The van der Waals surface area contributed by atoms with Crippen molar-refractivity contribution in [3.8, 4) is 0 Å². The van der Waals surface area contributed by atoms with E-state index >= 15 is 0 Å². The number of thioether (sulfide) groups is 1. The molecule has 0 aromatic carbocycles. The summed E-state index contributed by atoms with van der Waals surface area (Å²) in [7, 11) is 0. The zero-order valence-corrected chi connectivity index (χ0v) is 10.8. The number of piperidine rings is 1. The highest BCUT2D eigenvalue weighted by Gasteiger charge is 2.21. The van der Waals surface area contributed by atoms with Crippen molar-refractivity contribution >= 4 is 30.1 Å². The van der Waals surface area contributed by atoms with Gasteiger partial charge in [-0.15, -0.1) is 24.2 Å². The van der Waals surface area contributed by atoms with E-state index in [1.54, 1.807) is 11.5 Å². The molecule has 2 unspecified atom stereocenters. The van der Waals surface area contributed by atoms with Crippen LogP contribution in [0.3, 0.4) is 0 Å². The topological polar surface area (TPSA) is 41.1 Å². The zero-order chi connectivity index (χ0) is 10.4. The van der Waals surface area contributed by atoms with Crippen molar-refractivity contribution in [2.45, 2.75) is 19.4 Å². The molecule has 88 valence electrons. The Morgan fingerprint density at radius 2 is 2.33 bits per heavy atom. The van der Waals surface area contributed by atoms with Crippen molar-refractivity contribution in [3.63, 3.8) is 0 Å². The van der Waals surface area contributed by atoms with Gasteiger partial charge in [-0.05, 0) is 37.1 Å². The van der Waals surface area contributed by atoms with Gasteiger partial charge in [0.05, 0.1) is 0 Å². The highest BCUT2D eigenvalue weighted by atomic mass is 35.5. The highest BCUT2D eigenvalue weighted by molar-refractivity contribution is 8.01. The van der Waals surface area contributed by atoms with E-state index in [-0.39, 0.29) is 18.3 Å². The summed E-state index contributed by atoms with van der Waals surface area (Å²) in [4.78, 5) is 11.4. The molecular weight excluding hydrogens is 232 g/mol. The molecular formula is C10H19ClN2OS. The van der Waals surface area contributed by atoms with Crippen LogP contribution < -0.4 is 10.6 Å². The molecule has 0 aromatic heterocycles. The van der Waals surface area contributed by atoms with Crippen LogP contribution in [0.2, 0.25) is 0 Å². The lowest BCUT2D eigenvalue weighted by molar-refractivity contribution is -0.117. The lowest BCUT2D eigenvalue weighted by Crippen LogP contribution is -2.47. The van der Waals surface area contributed by atoms with Crippen LogP contribution in [-0.4, -0.2) is 31.3 Å². The highest BCUT2D eigenvalue weighted by Crippen LogP contribution is 2.10. The first-order chi connectivity index (χ1) is 6.74. The number of amides is 1. The van der Waals surface area contributed by atoms with E-state index in [1.807, 2.05) is 6.26 Å². The molecule has 0 bridgehead atoms. The molecule has 1 fully saturated rings. The van der Waals surface area contributed by atoms with Crippen molar-refractivity contribution in [2.75, 3.05) is 19.3 Å². The number of carbonyl (C=O) groups excluding carboxylic acids is 1. The maximum Gasteiger partial charge on any atom is 0.244 e. The molecule has 1 rings (SSSR count). The van der Waals surface area contributed by atoms with Gasteiger partial charge >= 0.3 is 0 Å². The standard InChI is InChI=1S/C10H18N2OS.ClH/c1-8-7-11-5-3-9(8)12-10(13)4-6-14-2;/h4,6,8-9,11H,3,5,7H2,1-2H3,(H,12,13);1H/b6-4+;. The molecule has 2 N–H and O–H groups in total. The molecule has 1 aliphatic heterocycles. The van der Waals surface area contributed by atoms with Crippen LogP contribution in [0.1, 0.15) is 13.3 Å². The molecule has 1 amide bonds. The van der Waals surface area contributed by atoms with E-state index in [0.29, 0.717) is 12.0 Å². The normalized spacial score (nSPS) is 26.0. The lowest BCUT2D eigenvalue weighted by Gasteiger charge is -2.29. The Balaban J connectivity index is 0.00000196. The van der Waals surface area contributed by atoms with Gasteiger partial charge in [-0.3, -0.25) is 4.79 Å². The van der Waals surface area contributed by atoms with Crippen molar-refractivity contribution in [1.29, 1.82) is 0 Å². The van der Waals surface area contributed by atoms with Crippen LogP contribution in [-0.2, 0) is 4.79 Å². The molecule has 2 atom stereocenters. The Morgan fingerprint density at radius 3 is 2.93 bits per heavy atom. The zero-order valence-electron chi connectivity index (χ0n) is 9.16. The summed E-state index contributed by atoms with van der Waals surface area (Å²) in [6.07, 6.45) is 4.57. The second-order valence-corrected chi connectivity index (χ2v) is 4.37. The van der Waals surface area contributed by atoms with Gasteiger partial charge in [0.25, 0.3) is 0 Å². The molecule has 15 heavy (non-hydrogen) atoms. The Kier molecular flexibility index (Phi) is 7.92. The Labute approximate surface area is 102 Å². The van der Waals surface area contributed by atoms with E-state index in [9.17, 15) is 4.79 Å². The van der Waals surface area contributed by atoms with Gasteiger partial charge < -0.3 is 10.6 Å². The molecule has 0 aliphatic carbocycles. The number of carbonyl (C=O) groups is 1. The van der Waals surface area contributed by atoms with Crippen LogP contribution in [0.15, 0.2) is 11.5 Å². The Morgan fingerprint density at radius 1 is 1.60 bits per heavy atom. The van der Waals surface area contributed by atoms with Crippen LogP contribution in [0.25, 0.3) is 0 Å². The van der Waals surface area contributed by atoms with Gasteiger partial charge in [-0.25, -0.2) is 0 Å². The van der Waals surface area contributed by atoms with Crippen LogP contribution in [0, 0.1) is 5.92 Å². The van der Waals surface area contributed by atoms with E-state index in [2.05, 4.69) is 17.6 Å². The third-order valence-corrected chi connectivity index (χ3v) is 2.88. The first-order valence-electron chi connectivity index (χ1n) is 4.94. The third kappa shape index (κ3) is 5.44. The van der Waals surface area contributed by atoms with Crippen molar-refractivity contribution in [3.05, 3.63) is 11.5 Å². The SMILES string of the molecule is CS/C=C/C(=O)NC1CCNCC1C.Cl. The van der Waals surface area contributed by atoms with E-state index in [1.165, 1.54) is 11.8 Å². The second kappa shape index (κ2) is 8.02. The lowest BCUT2D eigenvalue weighted by atomic mass is 9.95. The van der Waals surface area contributed by atoms with Crippen molar-refractivity contribution in [2.24, 2.45) is 5.92 Å². The quantitative estimate of drug-likeness (QED) is 0.744.